The van der Waals surface area contributed by atoms with Gasteiger partial charge in [-0.1, -0.05) is 27.7 Å². The number of anilines is 1. The van der Waals surface area contributed by atoms with Gasteiger partial charge in [-0.05, 0) is 42.8 Å². The molecule has 0 aliphatic carbocycles. The molecule has 0 spiro atoms. The van der Waals surface area contributed by atoms with Crippen molar-refractivity contribution in [2.75, 3.05) is 11.4 Å². The Kier molecular flexibility index (Phi) is 5.42. The van der Waals surface area contributed by atoms with Crippen molar-refractivity contribution in [1.82, 2.24) is 4.72 Å². The van der Waals surface area contributed by atoms with Gasteiger partial charge >= 0.3 is 0 Å². The molecule has 6 nitrogen and oxygen atoms in total. The third kappa shape index (κ3) is 4.00. The Morgan fingerprint density at radius 2 is 1.96 bits per heavy atom. The Labute approximate surface area is 167 Å². The van der Waals surface area contributed by atoms with Gasteiger partial charge in [0.15, 0.2) is 0 Å². The van der Waals surface area contributed by atoms with E-state index in [1.54, 1.807) is 42.4 Å². The molecule has 3 rings (SSSR count). The van der Waals surface area contributed by atoms with Crippen molar-refractivity contribution in [3.05, 3.63) is 47.9 Å². The van der Waals surface area contributed by atoms with Crippen LogP contribution in [0.15, 0.2) is 45.9 Å². The van der Waals surface area contributed by atoms with Gasteiger partial charge in [0.1, 0.15) is 5.76 Å². The van der Waals surface area contributed by atoms with Gasteiger partial charge in [-0.2, -0.15) is 0 Å². The van der Waals surface area contributed by atoms with Crippen molar-refractivity contribution < 1.29 is 17.6 Å². The molecule has 0 unspecified atom stereocenters. The lowest BCUT2D eigenvalue weighted by Gasteiger charge is -2.22. The van der Waals surface area contributed by atoms with Crippen molar-refractivity contribution in [2.24, 2.45) is 5.92 Å². The molecule has 2 aromatic rings. The van der Waals surface area contributed by atoms with Gasteiger partial charge in [-0.3, -0.25) is 4.79 Å². The average Bonchev–Trinajstić information content (AvgIpc) is 3.19. The predicted octanol–water partition coefficient (Wildman–Crippen LogP) is 3.47. The Morgan fingerprint density at radius 1 is 1.25 bits per heavy atom. The number of carbonyl (C=O) groups is 1. The van der Waals surface area contributed by atoms with Crippen LogP contribution in [-0.4, -0.2) is 26.9 Å². The summed E-state index contributed by atoms with van der Waals surface area (Å²) in [5.74, 6) is 0.662. The highest BCUT2D eigenvalue weighted by atomic mass is 32.2. The number of rotatable bonds is 6. The van der Waals surface area contributed by atoms with Crippen molar-refractivity contribution in [3.8, 4) is 0 Å². The molecule has 2 heterocycles. The van der Waals surface area contributed by atoms with Crippen LogP contribution in [-0.2, 0) is 26.7 Å². The van der Waals surface area contributed by atoms with E-state index in [0.717, 1.165) is 17.0 Å². The monoisotopic (exact) mass is 404 g/mol. The summed E-state index contributed by atoms with van der Waals surface area (Å²) < 4.78 is 33.8. The molecule has 0 saturated heterocycles. The first-order valence-corrected chi connectivity index (χ1v) is 11.0. The Bertz CT molecular complexity index is 962. The lowest BCUT2D eigenvalue weighted by molar-refractivity contribution is -0.121. The molecule has 152 valence electrons. The van der Waals surface area contributed by atoms with Gasteiger partial charge in [-0.25, -0.2) is 13.1 Å². The van der Waals surface area contributed by atoms with Gasteiger partial charge in [0.2, 0.25) is 15.9 Å². The highest BCUT2D eigenvalue weighted by Gasteiger charge is 2.39. The Hall–Kier alpha value is -2.12. The first kappa shape index (κ1) is 20.6. The molecule has 1 aliphatic heterocycles. The highest BCUT2D eigenvalue weighted by molar-refractivity contribution is 7.89. The van der Waals surface area contributed by atoms with Crippen LogP contribution < -0.4 is 9.62 Å². The Balaban J connectivity index is 1.87. The minimum Gasteiger partial charge on any atom is -0.469 e. The lowest BCUT2D eigenvalue weighted by atomic mass is 9.87. The summed E-state index contributed by atoms with van der Waals surface area (Å²) in [6.07, 6.45) is 2.04. The first-order valence-electron chi connectivity index (χ1n) is 9.52. The molecule has 1 atom stereocenters. The number of hydrogen-bond donors (Lipinski definition) is 1. The van der Waals surface area contributed by atoms with Gasteiger partial charge in [0.25, 0.3) is 0 Å². The van der Waals surface area contributed by atoms with Gasteiger partial charge in [-0.15, -0.1) is 0 Å². The van der Waals surface area contributed by atoms with Crippen LogP contribution in [0.5, 0.6) is 0 Å². The predicted molar refractivity (Wildman–Crippen MR) is 109 cm³/mol. The number of nitrogens with one attached hydrogen (secondary N) is 1. The molecular formula is C21H28N2O4S. The molecule has 1 N–H and O–H groups in total. The number of furan rings is 1. The van der Waals surface area contributed by atoms with Crippen LogP contribution in [0.3, 0.4) is 0 Å². The second-order valence-corrected chi connectivity index (χ2v) is 10.2. The molecule has 1 amide bonds. The van der Waals surface area contributed by atoms with E-state index in [4.69, 9.17) is 4.42 Å². The molecule has 0 radical (unpaired) electrons. The number of nitrogens with zero attached hydrogens (tertiary/aromatic N) is 1. The van der Waals surface area contributed by atoms with Crippen molar-refractivity contribution in [2.45, 2.75) is 57.4 Å². The quantitative estimate of drug-likeness (QED) is 0.799. The van der Waals surface area contributed by atoms with E-state index in [9.17, 15) is 13.2 Å². The molecule has 0 fully saturated rings. The summed E-state index contributed by atoms with van der Waals surface area (Å²) >= 11 is 0. The largest absolute Gasteiger partial charge is 0.469 e. The first-order chi connectivity index (χ1) is 13.0. The third-order valence-electron chi connectivity index (χ3n) is 5.06. The fraction of sp³-hybridized carbons (Fsp3) is 0.476. The van der Waals surface area contributed by atoms with Crippen LogP contribution in [0.2, 0.25) is 0 Å². The molecular weight excluding hydrogens is 376 g/mol. The molecule has 1 aliphatic rings. The maximum absolute atomic E-state index is 12.9. The van der Waals surface area contributed by atoms with Crippen molar-refractivity contribution >= 4 is 21.6 Å². The van der Waals surface area contributed by atoms with E-state index in [0.29, 0.717) is 13.0 Å². The summed E-state index contributed by atoms with van der Waals surface area (Å²) in [5.41, 5.74) is 1.36. The molecule has 0 bridgehead atoms. The maximum Gasteiger partial charge on any atom is 0.240 e. The average molecular weight is 405 g/mol. The number of fused-ring (bicyclic) bond motifs is 1. The number of hydrogen-bond acceptors (Lipinski definition) is 4. The zero-order valence-electron chi connectivity index (χ0n) is 17.0. The van der Waals surface area contributed by atoms with E-state index in [1.165, 1.54) is 0 Å². The fourth-order valence-corrected chi connectivity index (χ4v) is 4.91. The van der Waals surface area contributed by atoms with Crippen LogP contribution in [0.1, 0.15) is 45.9 Å². The second-order valence-electron chi connectivity index (χ2n) is 8.45. The summed E-state index contributed by atoms with van der Waals surface area (Å²) in [5, 5.41) is 0. The molecule has 0 saturated carbocycles. The van der Waals surface area contributed by atoms with E-state index in [1.807, 2.05) is 33.8 Å². The van der Waals surface area contributed by atoms with E-state index >= 15 is 0 Å². The summed E-state index contributed by atoms with van der Waals surface area (Å²) in [4.78, 5) is 14.5. The summed E-state index contributed by atoms with van der Waals surface area (Å²) in [6, 6.07) is 8.31. The number of benzene rings is 1. The van der Waals surface area contributed by atoms with E-state index < -0.39 is 10.0 Å². The second kappa shape index (κ2) is 7.37. The summed E-state index contributed by atoms with van der Waals surface area (Å²) in [7, 11) is -3.68. The smallest absolute Gasteiger partial charge is 0.240 e. The topological polar surface area (TPSA) is 79.6 Å². The van der Waals surface area contributed by atoms with Gasteiger partial charge in [0, 0.05) is 36.0 Å². The zero-order valence-corrected chi connectivity index (χ0v) is 17.8. The van der Waals surface area contributed by atoms with E-state index in [-0.39, 0.29) is 28.2 Å². The minimum atomic E-state index is -3.68. The third-order valence-corrected chi connectivity index (χ3v) is 6.64. The zero-order chi connectivity index (χ0) is 20.7. The molecule has 7 heteroatoms. The van der Waals surface area contributed by atoms with Crippen molar-refractivity contribution in [3.63, 3.8) is 0 Å². The lowest BCUT2D eigenvalue weighted by Crippen LogP contribution is -2.36. The van der Waals surface area contributed by atoms with Gasteiger partial charge in [0.05, 0.1) is 11.2 Å². The minimum absolute atomic E-state index is 0.0487. The van der Waals surface area contributed by atoms with Gasteiger partial charge < -0.3 is 9.32 Å². The number of sulfonamides is 1. The number of amides is 1. The normalized spacial score (nSPS) is 17.0. The van der Waals surface area contributed by atoms with Crippen LogP contribution in [0.25, 0.3) is 0 Å². The highest BCUT2D eigenvalue weighted by Crippen LogP contribution is 2.42. The summed E-state index contributed by atoms with van der Waals surface area (Å²) in [6.45, 7) is 10.2. The molecule has 1 aromatic heterocycles. The van der Waals surface area contributed by atoms with Crippen molar-refractivity contribution in [1.29, 1.82) is 0 Å². The van der Waals surface area contributed by atoms with Crippen LogP contribution >= 0.6 is 0 Å². The molecule has 28 heavy (non-hydrogen) atoms. The SMILES string of the molecule is CC(C)C(=O)N1CC(C)(C)c2cc(S(=O)(=O)N[C@@H](C)Cc3ccco3)ccc21. The fourth-order valence-electron chi connectivity index (χ4n) is 3.64. The molecule has 1 aromatic carbocycles. The van der Waals surface area contributed by atoms with Crippen LogP contribution in [0.4, 0.5) is 5.69 Å². The Morgan fingerprint density at radius 3 is 2.57 bits per heavy atom. The maximum atomic E-state index is 12.9. The van der Waals surface area contributed by atoms with Crippen LogP contribution in [0, 0.1) is 5.92 Å². The standard InChI is InChI=1S/C21H28N2O4S/c1-14(2)20(24)23-13-21(4,5)18-12-17(8-9-19(18)23)28(25,26)22-15(3)11-16-7-6-10-27-16/h6-10,12,14-15,22H,11,13H2,1-5H3/t15-/m0/s1. The number of carbonyl (C=O) groups excluding carboxylic acids is 1. The van der Waals surface area contributed by atoms with E-state index in [2.05, 4.69) is 4.72 Å².